The van der Waals surface area contributed by atoms with Gasteiger partial charge in [0.05, 0.1) is 13.2 Å². The second kappa shape index (κ2) is 27.6. The SMILES string of the molecule is CC/C=C\C/C=C\C/C=C\C/C=C\C/C=C\C/C=C\CCCCC(=O)NCCOP(=O)(O)OCC(O)COC(C)=O. The number of carbonyl (C=O) groups excluding carboxylic acids is 2. The lowest BCUT2D eigenvalue weighted by atomic mass is 10.1. The first-order valence-electron chi connectivity index (χ1n) is 14.4. The zero-order valence-electron chi connectivity index (χ0n) is 24.7. The summed E-state index contributed by atoms with van der Waals surface area (Å²) in [5.74, 6) is -0.751. The van der Waals surface area contributed by atoms with Crippen molar-refractivity contribution < 1.29 is 37.9 Å². The Hall–Kier alpha value is -2.55. The smallest absolute Gasteiger partial charge is 0.463 e. The van der Waals surface area contributed by atoms with E-state index < -0.39 is 26.5 Å². The van der Waals surface area contributed by atoms with Gasteiger partial charge in [0.2, 0.25) is 5.91 Å². The number of unbranched alkanes of at least 4 members (excludes halogenated alkanes) is 2. The molecule has 0 aliphatic carbocycles. The number of hydrogen-bond donors (Lipinski definition) is 3. The molecule has 9 nitrogen and oxygen atoms in total. The number of phosphoric ester groups is 1. The number of esters is 1. The molecule has 232 valence electrons. The Morgan fingerprint density at radius 3 is 1.80 bits per heavy atom. The molecular formula is C31H50NO8P. The van der Waals surface area contributed by atoms with Gasteiger partial charge in [-0.05, 0) is 57.8 Å². The molecule has 0 aliphatic heterocycles. The van der Waals surface area contributed by atoms with Gasteiger partial charge in [0, 0.05) is 19.9 Å². The maximum absolute atomic E-state index is 11.9. The van der Waals surface area contributed by atoms with E-state index in [9.17, 15) is 24.2 Å². The number of rotatable bonds is 25. The van der Waals surface area contributed by atoms with Gasteiger partial charge in [0.1, 0.15) is 12.7 Å². The van der Waals surface area contributed by atoms with E-state index in [4.69, 9.17) is 4.52 Å². The standard InChI is InChI=1S/C31H50NO8P/c1-3-4-5-6-7-8-9-10-11-12-13-14-15-16-17-18-19-20-21-22-23-24-31(35)32-25-26-39-41(36,37)40-28-30(34)27-38-29(2)33/h4-5,7-8,10-11,13-14,16-17,19-20,30,34H,3,6,9,12,15,18,21-28H2,1-2H3,(H,32,35)(H,36,37)/b5-4-,8-7-,11-10-,14-13-,17-16-,20-19-. The van der Waals surface area contributed by atoms with E-state index >= 15 is 0 Å². The van der Waals surface area contributed by atoms with Crippen LogP contribution in [-0.2, 0) is 27.9 Å². The van der Waals surface area contributed by atoms with Crippen LogP contribution in [0.2, 0.25) is 0 Å². The minimum Gasteiger partial charge on any atom is -0.463 e. The Balaban J connectivity index is 3.68. The average molecular weight is 596 g/mol. The van der Waals surface area contributed by atoms with Gasteiger partial charge in [0.25, 0.3) is 0 Å². The molecule has 0 spiro atoms. The Morgan fingerprint density at radius 1 is 0.780 bits per heavy atom. The summed E-state index contributed by atoms with van der Waals surface area (Å²) in [6, 6.07) is 0. The summed E-state index contributed by atoms with van der Waals surface area (Å²) in [7, 11) is -4.39. The molecule has 2 unspecified atom stereocenters. The number of nitrogens with one attached hydrogen (secondary N) is 1. The summed E-state index contributed by atoms with van der Waals surface area (Å²) < 4.78 is 25.7. The van der Waals surface area contributed by atoms with Crippen LogP contribution in [0.5, 0.6) is 0 Å². The van der Waals surface area contributed by atoms with Crippen molar-refractivity contribution in [2.75, 3.05) is 26.4 Å². The predicted octanol–water partition coefficient (Wildman–Crippen LogP) is 6.42. The third-order valence-electron chi connectivity index (χ3n) is 5.21. The van der Waals surface area contributed by atoms with Gasteiger partial charge in [-0.15, -0.1) is 0 Å². The van der Waals surface area contributed by atoms with Crippen molar-refractivity contribution in [3.05, 3.63) is 72.9 Å². The van der Waals surface area contributed by atoms with E-state index in [1.807, 2.05) is 0 Å². The molecule has 0 radical (unpaired) electrons. The number of ether oxygens (including phenoxy) is 1. The second-order valence-electron chi connectivity index (χ2n) is 9.06. The van der Waals surface area contributed by atoms with Gasteiger partial charge >= 0.3 is 13.8 Å². The van der Waals surface area contributed by atoms with Crippen LogP contribution in [0.1, 0.15) is 78.1 Å². The van der Waals surface area contributed by atoms with E-state index in [0.717, 1.165) is 57.8 Å². The highest BCUT2D eigenvalue weighted by Crippen LogP contribution is 2.42. The number of aliphatic hydroxyl groups excluding tert-OH is 1. The highest BCUT2D eigenvalue weighted by Gasteiger charge is 2.23. The van der Waals surface area contributed by atoms with Crippen LogP contribution >= 0.6 is 7.82 Å². The van der Waals surface area contributed by atoms with Gasteiger partial charge in [-0.25, -0.2) is 4.57 Å². The van der Waals surface area contributed by atoms with Crippen molar-refractivity contribution in [3.8, 4) is 0 Å². The van der Waals surface area contributed by atoms with Crippen molar-refractivity contribution in [2.24, 2.45) is 0 Å². The third kappa shape index (κ3) is 30.2. The van der Waals surface area contributed by atoms with E-state index in [-0.39, 0.29) is 25.7 Å². The molecule has 0 rings (SSSR count). The minimum absolute atomic E-state index is 0.0515. The predicted molar refractivity (Wildman–Crippen MR) is 164 cm³/mol. The van der Waals surface area contributed by atoms with Crippen LogP contribution in [0.3, 0.4) is 0 Å². The number of hydrogen-bond acceptors (Lipinski definition) is 7. The summed E-state index contributed by atoms with van der Waals surface area (Å²) in [4.78, 5) is 32.1. The number of carbonyl (C=O) groups is 2. The lowest BCUT2D eigenvalue weighted by molar-refractivity contribution is -0.144. The van der Waals surface area contributed by atoms with E-state index in [0.29, 0.717) is 6.42 Å². The molecule has 0 heterocycles. The Bertz CT molecular complexity index is 908. The summed E-state index contributed by atoms with van der Waals surface area (Å²) >= 11 is 0. The summed E-state index contributed by atoms with van der Waals surface area (Å²) in [5, 5.41) is 12.1. The van der Waals surface area contributed by atoms with Crippen molar-refractivity contribution in [1.82, 2.24) is 5.32 Å². The first kappa shape index (κ1) is 38.5. The van der Waals surface area contributed by atoms with Gasteiger partial charge in [0.15, 0.2) is 0 Å². The lowest BCUT2D eigenvalue weighted by Gasteiger charge is -2.15. The molecule has 0 saturated carbocycles. The molecule has 2 atom stereocenters. The van der Waals surface area contributed by atoms with Crippen LogP contribution in [0.15, 0.2) is 72.9 Å². The van der Waals surface area contributed by atoms with Gasteiger partial charge in [-0.2, -0.15) is 0 Å². The van der Waals surface area contributed by atoms with Crippen LogP contribution in [0, 0.1) is 0 Å². The average Bonchev–Trinajstić information content (AvgIpc) is 2.94. The first-order chi connectivity index (χ1) is 19.8. The van der Waals surface area contributed by atoms with Crippen LogP contribution in [0.4, 0.5) is 0 Å². The molecule has 0 aromatic carbocycles. The zero-order chi connectivity index (χ0) is 30.4. The fourth-order valence-electron chi connectivity index (χ4n) is 3.11. The quantitative estimate of drug-likeness (QED) is 0.0477. The van der Waals surface area contributed by atoms with E-state index in [1.165, 1.54) is 6.92 Å². The molecule has 10 heteroatoms. The highest BCUT2D eigenvalue weighted by atomic mass is 31.2. The number of amides is 1. The van der Waals surface area contributed by atoms with Crippen molar-refractivity contribution in [3.63, 3.8) is 0 Å². The minimum atomic E-state index is -4.39. The third-order valence-corrected chi connectivity index (χ3v) is 6.19. The topological polar surface area (TPSA) is 131 Å². The molecule has 0 aliphatic rings. The normalized spacial score (nSPS) is 14.7. The lowest BCUT2D eigenvalue weighted by Crippen LogP contribution is -2.27. The Kier molecular flexibility index (Phi) is 25.9. The van der Waals surface area contributed by atoms with Crippen molar-refractivity contribution in [2.45, 2.75) is 84.2 Å². The van der Waals surface area contributed by atoms with Crippen molar-refractivity contribution >= 4 is 19.7 Å². The largest absolute Gasteiger partial charge is 0.472 e. The van der Waals surface area contributed by atoms with Crippen LogP contribution in [0.25, 0.3) is 0 Å². The Labute approximate surface area is 246 Å². The maximum atomic E-state index is 11.9. The van der Waals surface area contributed by atoms with Crippen LogP contribution in [-0.4, -0.2) is 54.3 Å². The van der Waals surface area contributed by atoms with E-state index in [1.54, 1.807) is 0 Å². The molecule has 0 aromatic rings. The van der Waals surface area contributed by atoms with Gasteiger partial charge in [-0.3, -0.25) is 18.6 Å². The number of allylic oxidation sites excluding steroid dienone is 12. The molecule has 3 N–H and O–H groups in total. The zero-order valence-corrected chi connectivity index (χ0v) is 25.6. The monoisotopic (exact) mass is 595 g/mol. The summed E-state index contributed by atoms with van der Waals surface area (Å²) in [6.45, 7) is 2.25. The molecule has 0 fully saturated rings. The molecule has 0 aromatic heterocycles. The van der Waals surface area contributed by atoms with Crippen molar-refractivity contribution in [1.29, 1.82) is 0 Å². The van der Waals surface area contributed by atoms with E-state index in [2.05, 4.69) is 94.4 Å². The molecule has 41 heavy (non-hydrogen) atoms. The first-order valence-corrected chi connectivity index (χ1v) is 15.9. The second-order valence-corrected chi connectivity index (χ2v) is 10.5. The number of phosphoric acid groups is 1. The van der Waals surface area contributed by atoms with Gasteiger partial charge < -0.3 is 20.1 Å². The molecule has 1 amide bonds. The maximum Gasteiger partial charge on any atom is 0.472 e. The van der Waals surface area contributed by atoms with Gasteiger partial charge in [-0.1, -0.05) is 79.8 Å². The highest BCUT2D eigenvalue weighted by molar-refractivity contribution is 7.47. The fraction of sp³-hybridized carbons (Fsp3) is 0.548. The summed E-state index contributed by atoms with van der Waals surface area (Å²) in [5.41, 5.74) is 0. The fourth-order valence-corrected chi connectivity index (χ4v) is 3.86. The summed E-state index contributed by atoms with van der Waals surface area (Å²) in [6.07, 6.45) is 33.5. The molecule has 0 saturated heterocycles. The number of aliphatic hydroxyl groups is 1. The van der Waals surface area contributed by atoms with Crippen LogP contribution < -0.4 is 5.32 Å². The molecule has 0 bridgehead atoms. The molecular weight excluding hydrogens is 545 g/mol. The Morgan fingerprint density at radius 2 is 1.29 bits per heavy atom.